The van der Waals surface area contributed by atoms with Crippen LogP contribution < -0.4 is 20.0 Å². The summed E-state index contributed by atoms with van der Waals surface area (Å²) in [5.74, 6) is 3.18. The zero-order valence-corrected chi connectivity index (χ0v) is 22.1. The molecule has 3 aliphatic heterocycles. The first-order valence-corrected chi connectivity index (χ1v) is 14.4. The molecule has 7 nitrogen and oxygen atoms in total. The van der Waals surface area contributed by atoms with Crippen molar-refractivity contribution in [2.75, 3.05) is 86.7 Å². The Morgan fingerprint density at radius 1 is 0.622 bits per heavy atom. The molecule has 3 aromatic rings. The molecular weight excluding hydrogens is 458 g/mol. The molecule has 0 aliphatic carbocycles. The molecule has 3 saturated heterocycles. The molecule has 0 radical (unpaired) electrons. The lowest BCUT2D eigenvalue weighted by atomic mass is 10.1. The van der Waals surface area contributed by atoms with Crippen LogP contribution in [0.5, 0.6) is 0 Å². The highest BCUT2D eigenvalue weighted by Gasteiger charge is 2.24. The highest BCUT2D eigenvalue weighted by molar-refractivity contribution is 5.83. The van der Waals surface area contributed by atoms with E-state index < -0.39 is 0 Å². The van der Waals surface area contributed by atoms with Gasteiger partial charge >= 0.3 is 0 Å². The van der Waals surface area contributed by atoms with E-state index in [9.17, 15) is 0 Å². The molecule has 6 rings (SSSR count). The molecular formula is C30H41N7. The number of hydrogen-bond acceptors (Lipinski definition) is 7. The maximum Gasteiger partial charge on any atom is 0.229 e. The Morgan fingerprint density at radius 3 is 2.00 bits per heavy atom. The Bertz CT molecular complexity index is 1130. The number of rotatable bonds is 9. The molecule has 0 saturated carbocycles. The Hall–Kier alpha value is -2.90. The predicted molar refractivity (Wildman–Crippen MR) is 154 cm³/mol. The van der Waals surface area contributed by atoms with E-state index in [1.54, 1.807) is 0 Å². The van der Waals surface area contributed by atoms with Crippen LogP contribution in [0.2, 0.25) is 0 Å². The van der Waals surface area contributed by atoms with Crippen molar-refractivity contribution in [2.24, 2.45) is 0 Å². The van der Waals surface area contributed by atoms with E-state index in [0.717, 1.165) is 96.0 Å². The summed E-state index contributed by atoms with van der Waals surface area (Å²) in [6, 6.07) is 17.7. The average Bonchev–Trinajstić information content (AvgIpc) is 3.68. The minimum atomic E-state index is 0.940. The fourth-order valence-corrected chi connectivity index (χ4v) is 5.93. The van der Waals surface area contributed by atoms with Gasteiger partial charge in [0.1, 0.15) is 11.6 Å². The number of anilines is 3. The van der Waals surface area contributed by atoms with Gasteiger partial charge < -0.3 is 20.0 Å². The van der Waals surface area contributed by atoms with E-state index in [-0.39, 0.29) is 0 Å². The highest BCUT2D eigenvalue weighted by Crippen LogP contribution is 2.27. The third-order valence-corrected chi connectivity index (χ3v) is 8.21. The van der Waals surface area contributed by atoms with Gasteiger partial charge in [-0.15, -0.1) is 0 Å². The summed E-state index contributed by atoms with van der Waals surface area (Å²) in [5, 5.41) is 6.32. The topological polar surface area (TPSA) is 50.8 Å². The second-order valence-electron chi connectivity index (χ2n) is 10.8. The van der Waals surface area contributed by atoms with Crippen molar-refractivity contribution in [3.63, 3.8) is 0 Å². The minimum Gasteiger partial charge on any atom is -0.356 e. The monoisotopic (exact) mass is 499 g/mol. The van der Waals surface area contributed by atoms with Gasteiger partial charge in [-0.1, -0.05) is 42.5 Å². The molecule has 0 bridgehead atoms. The molecule has 4 heterocycles. The molecule has 0 atom stereocenters. The molecule has 7 heteroatoms. The molecule has 1 aromatic heterocycles. The summed E-state index contributed by atoms with van der Waals surface area (Å²) < 4.78 is 0. The van der Waals surface area contributed by atoms with Crippen molar-refractivity contribution < 1.29 is 0 Å². The van der Waals surface area contributed by atoms with E-state index in [1.807, 2.05) is 0 Å². The molecule has 0 unspecified atom stereocenters. The maximum atomic E-state index is 5.05. The second-order valence-corrected chi connectivity index (χ2v) is 10.8. The molecule has 2 aromatic carbocycles. The van der Waals surface area contributed by atoms with E-state index in [0.29, 0.717) is 0 Å². The molecule has 3 aliphatic rings. The third-order valence-electron chi connectivity index (χ3n) is 8.21. The number of hydrogen-bond donors (Lipinski definition) is 1. The highest BCUT2D eigenvalue weighted by atomic mass is 15.3. The third kappa shape index (κ3) is 5.99. The number of nitrogens with one attached hydrogen (secondary N) is 1. The summed E-state index contributed by atoms with van der Waals surface area (Å²) in [5.41, 5.74) is 1.41. The zero-order chi connectivity index (χ0) is 24.9. The standard InChI is InChI=1S/C30H41N7/c1-2-8-27-23-25(9-10-26(27)7-1)11-12-31-13-18-34-19-21-36(22-20-34)29-24-28(35-14-3-4-15-35)32-30(33-29)37-16-5-6-17-37/h1-2,7-10,23-24,31H,3-6,11-22H2. The summed E-state index contributed by atoms with van der Waals surface area (Å²) in [4.78, 5) is 19.9. The quantitative estimate of drug-likeness (QED) is 0.450. The van der Waals surface area contributed by atoms with Gasteiger partial charge in [0.15, 0.2) is 0 Å². The Morgan fingerprint density at radius 2 is 1.27 bits per heavy atom. The van der Waals surface area contributed by atoms with Crippen LogP contribution in [0.4, 0.5) is 17.6 Å². The summed E-state index contributed by atoms with van der Waals surface area (Å²) >= 11 is 0. The van der Waals surface area contributed by atoms with Crippen LogP contribution in [0.25, 0.3) is 10.8 Å². The van der Waals surface area contributed by atoms with Crippen molar-refractivity contribution in [1.82, 2.24) is 20.2 Å². The first-order chi connectivity index (χ1) is 18.3. The van der Waals surface area contributed by atoms with Crippen LogP contribution in [-0.4, -0.2) is 86.9 Å². The van der Waals surface area contributed by atoms with E-state index in [4.69, 9.17) is 9.97 Å². The lowest BCUT2D eigenvalue weighted by Gasteiger charge is -2.36. The summed E-state index contributed by atoms with van der Waals surface area (Å²) in [6.45, 7) is 11.8. The van der Waals surface area contributed by atoms with E-state index in [2.05, 4.69) is 73.4 Å². The molecule has 0 amide bonds. The van der Waals surface area contributed by atoms with Crippen molar-refractivity contribution in [1.29, 1.82) is 0 Å². The van der Waals surface area contributed by atoms with Crippen LogP contribution in [-0.2, 0) is 6.42 Å². The zero-order valence-electron chi connectivity index (χ0n) is 22.1. The second kappa shape index (κ2) is 11.7. The maximum absolute atomic E-state index is 5.05. The normalized spacial score (nSPS) is 18.9. The first-order valence-electron chi connectivity index (χ1n) is 14.4. The van der Waals surface area contributed by atoms with Crippen molar-refractivity contribution >= 4 is 28.4 Å². The fraction of sp³-hybridized carbons (Fsp3) is 0.533. The van der Waals surface area contributed by atoms with E-state index in [1.165, 1.54) is 42.0 Å². The van der Waals surface area contributed by atoms with Gasteiger partial charge in [0, 0.05) is 71.5 Å². The van der Waals surface area contributed by atoms with Gasteiger partial charge in [0.25, 0.3) is 0 Å². The summed E-state index contributed by atoms with van der Waals surface area (Å²) in [6.07, 6.45) is 6.12. The van der Waals surface area contributed by atoms with Crippen LogP contribution in [0, 0.1) is 0 Å². The van der Waals surface area contributed by atoms with Crippen LogP contribution in [0.15, 0.2) is 48.5 Å². The van der Waals surface area contributed by atoms with Gasteiger partial charge in [0.2, 0.25) is 5.95 Å². The number of nitrogens with zero attached hydrogens (tertiary/aromatic N) is 6. The smallest absolute Gasteiger partial charge is 0.229 e. The minimum absolute atomic E-state index is 0.940. The molecule has 37 heavy (non-hydrogen) atoms. The largest absolute Gasteiger partial charge is 0.356 e. The lowest BCUT2D eigenvalue weighted by molar-refractivity contribution is 0.257. The Kier molecular flexibility index (Phi) is 7.70. The lowest BCUT2D eigenvalue weighted by Crippen LogP contribution is -2.48. The van der Waals surface area contributed by atoms with Gasteiger partial charge in [-0.25, -0.2) is 0 Å². The molecule has 0 spiro atoms. The number of piperazine rings is 1. The van der Waals surface area contributed by atoms with Crippen LogP contribution in [0.1, 0.15) is 31.2 Å². The first kappa shape index (κ1) is 24.4. The average molecular weight is 500 g/mol. The van der Waals surface area contributed by atoms with Crippen LogP contribution in [0.3, 0.4) is 0 Å². The van der Waals surface area contributed by atoms with Gasteiger partial charge in [-0.05, 0) is 55.0 Å². The molecule has 196 valence electrons. The van der Waals surface area contributed by atoms with Gasteiger partial charge in [0.05, 0.1) is 0 Å². The van der Waals surface area contributed by atoms with Crippen molar-refractivity contribution in [3.8, 4) is 0 Å². The number of fused-ring (bicyclic) bond motifs is 1. The van der Waals surface area contributed by atoms with Gasteiger partial charge in [-0.3, -0.25) is 4.90 Å². The van der Waals surface area contributed by atoms with Crippen molar-refractivity contribution in [2.45, 2.75) is 32.1 Å². The molecule has 1 N–H and O–H groups in total. The summed E-state index contributed by atoms with van der Waals surface area (Å²) in [7, 11) is 0. The Labute approximate surface area is 221 Å². The Balaban J connectivity index is 0.980. The van der Waals surface area contributed by atoms with Crippen LogP contribution >= 0.6 is 0 Å². The number of benzene rings is 2. The van der Waals surface area contributed by atoms with Crippen molar-refractivity contribution in [3.05, 3.63) is 54.1 Å². The van der Waals surface area contributed by atoms with E-state index >= 15 is 0 Å². The fourth-order valence-electron chi connectivity index (χ4n) is 5.93. The SMILES string of the molecule is c1ccc2cc(CCNCCN3CCN(c4cc(N5CCCC5)nc(N5CCCC5)n4)CC3)ccc2c1. The van der Waals surface area contributed by atoms with Gasteiger partial charge in [-0.2, -0.15) is 9.97 Å². The predicted octanol–water partition coefficient (Wildman–Crippen LogP) is 3.78. The number of aromatic nitrogens is 2. The molecule has 3 fully saturated rings.